The third-order valence-corrected chi connectivity index (χ3v) is 5.42. The van der Waals surface area contributed by atoms with Crippen LogP contribution in [0.2, 0.25) is 0 Å². The Labute approximate surface area is 178 Å². The molecule has 0 aliphatic heterocycles. The van der Waals surface area contributed by atoms with Crippen LogP contribution in [0.5, 0.6) is 0 Å². The molecule has 0 saturated heterocycles. The monoisotopic (exact) mass is 416 g/mol. The van der Waals surface area contributed by atoms with Gasteiger partial charge in [-0.25, -0.2) is 0 Å². The lowest BCUT2D eigenvalue weighted by atomic mass is 10.1. The molecule has 0 spiro atoms. The zero-order valence-electron chi connectivity index (χ0n) is 18.2. The molecule has 29 heavy (non-hydrogen) atoms. The number of thiophene rings is 1. The summed E-state index contributed by atoms with van der Waals surface area (Å²) >= 11 is 1.73. The van der Waals surface area contributed by atoms with Crippen molar-refractivity contribution in [2.75, 3.05) is 26.7 Å². The molecular weight excluding hydrogens is 382 g/mol. The largest absolute Gasteiger partial charge is 0.347 e. The third-order valence-electron chi connectivity index (χ3n) is 4.44. The number of benzene rings is 1. The van der Waals surface area contributed by atoms with Crippen molar-refractivity contribution in [3.05, 3.63) is 57.8 Å². The fourth-order valence-corrected chi connectivity index (χ4v) is 4.03. The summed E-state index contributed by atoms with van der Waals surface area (Å²) in [4.78, 5) is 30.4. The zero-order valence-corrected chi connectivity index (χ0v) is 19.1. The Morgan fingerprint density at radius 1 is 1.07 bits per heavy atom. The molecule has 2 rings (SSSR count). The second-order valence-corrected chi connectivity index (χ2v) is 10.0. The lowest BCUT2D eigenvalue weighted by molar-refractivity contribution is -0.863. The first-order valence-electron chi connectivity index (χ1n) is 10.1. The van der Waals surface area contributed by atoms with Crippen molar-refractivity contribution in [2.24, 2.45) is 0 Å². The highest BCUT2D eigenvalue weighted by Crippen LogP contribution is 2.17. The molecule has 1 atom stereocenters. The molecule has 0 fully saturated rings. The highest BCUT2D eigenvalue weighted by Gasteiger charge is 2.22. The van der Waals surface area contributed by atoms with Crippen LogP contribution >= 0.6 is 11.3 Å². The normalized spacial score (nSPS) is 12.4. The predicted molar refractivity (Wildman–Crippen MR) is 119 cm³/mol. The lowest BCUT2D eigenvalue weighted by Gasteiger charge is -2.25. The molecule has 158 valence electrons. The minimum absolute atomic E-state index is 0.0347. The minimum atomic E-state index is -0.264. The fourth-order valence-electron chi connectivity index (χ4n) is 3.13. The number of nitrogens with zero attached hydrogens (tertiary/aromatic N) is 1. The lowest BCUT2D eigenvalue weighted by Crippen LogP contribution is -3.11. The third kappa shape index (κ3) is 8.79. The molecule has 0 aliphatic rings. The van der Waals surface area contributed by atoms with E-state index in [4.69, 9.17) is 0 Å². The average molecular weight is 417 g/mol. The van der Waals surface area contributed by atoms with Crippen molar-refractivity contribution in [3.8, 4) is 0 Å². The number of hydrogen-bond acceptors (Lipinski definition) is 3. The summed E-state index contributed by atoms with van der Waals surface area (Å²) in [5.41, 5.74) is 0.957. The molecule has 1 aromatic heterocycles. The van der Waals surface area contributed by atoms with E-state index in [2.05, 4.69) is 36.5 Å². The molecular formula is C23H34N3O2S+. The van der Waals surface area contributed by atoms with E-state index in [1.807, 2.05) is 50.9 Å². The molecule has 1 aromatic carbocycles. The van der Waals surface area contributed by atoms with Crippen LogP contribution in [-0.4, -0.2) is 48.9 Å². The molecule has 2 amide bonds. The van der Waals surface area contributed by atoms with Gasteiger partial charge >= 0.3 is 0 Å². The van der Waals surface area contributed by atoms with Gasteiger partial charge in [-0.05, 0) is 51.8 Å². The Morgan fingerprint density at radius 2 is 1.76 bits per heavy atom. The van der Waals surface area contributed by atoms with Crippen molar-refractivity contribution in [1.29, 1.82) is 0 Å². The quantitative estimate of drug-likeness (QED) is 0.657. The average Bonchev–Trinajstić information content (AvgIpc) is 3.02. The first kappa shape index (κ1) is 23.1. The number of amides is 2. The van der Waals surface area contributed by atoms with Gasteiger partial charge in [-0.1, -0.05) is 30.3 Å². The number of rotatable bonds is 9. The van der Waals surface area contributed by atoms with E-state index < -0.39 is 0 Å². The smallest absolute Gasteiger partial charge is 0.278 e. The summed E-state index contributed by atoms with van der Waals surface area (Å²) in [6.07, 6.45) is 0.820. The molecule has 0 saturated carbocycles. The molecule has 0 aliphatic carbocycles. The van der Waals surface area contributed by atoms with Crippen LogP contribution in [0.4, 0.5) is 0 Å². The number of likely N-dealkylation sites (N-methyl/N-ethyl adjacent to an activating group) is 1. The highest BCUT2D eigenvalue weighted by atomic mass is 32.1. The van der Waals surface area contributed by atoms with E-state index in [1.165, 1.54) is 15.3 Å². The van der Waals surface area contributed by atoms with E-state index in [-0.39, 0.29) is 23.9 Å². The number of quaternary nitrogens is 1. The second-order valence-electron chi connectivity index (χ2n) is 8.67. The van der Waals surface area contributed by atoms with Gasteiger partial charge in [-0.3, -0.25) is 9.59 Å². The molecule has 0 bridgehead atoms. The van der Waals surface area contributed by atoms with E-state index >= 15 is 0 Å². The van der Waals surface area contributed by atoms with Gasteiger partial charge in [0.05, 0.1) is 13.6 Å². The van der Waals surface area contributed by atoms with Crippen molar-refractivity contribution in [3.63, 3.8) is 0 Å². The molecule has 5 nitrogen and oxygen atoms in total. The van der Waals surface area contributed by atoms with Gasteiger partial charge in [0.25, 0.3) is 11.8 Å². The first-order chi connectivity index (χ1) is 13.6. The van der Waals surface area contributed by atoms with Crippen molar-refractivity contribution in [1.82, 2.24) is 10.2 Å². The number of carbonyl (C=O) groups excluding carboxylic acids is 2. The Morgan fingerprint density at radius 3 is 2.34 bits per heavy atom. The van der Waals surface area contributed by atoms with Crippen LogP contribution in [0, 0.1) is 6.92 Å². The summed E-state index contributed by atoms with van der Waals surface area (Å²) in [5.74, 6) is 0.0422. The maximum absolute atomic E-state index is 13.0. The second kappa shape index (κ2) is 10.6. The minimum Gasteiger partial charge on any atom is -0.347 e. The van der Waals surface area contributed by atoms with Gasteiger partial charge in [0.2, 0.25) is 0 Å². The van der Waals surface area contributed by atoms with Crippen LogP contribution in [0.3, 0.4) is 0 Å². The summed E-state index contributed by atoms with van der Waals surface area (Å²) in [5, 5.41) is 2.96. The van der Waals surface area contributed by atoms with Gasteiger partial charge in [0.15, 0.2) is 13.1 Å². The van der Waals surface area contributed by atoms with Gasteiger partial charge in [-0.15, -0.1) is 11.3 Å². The van der Waals surface area contributed by atoms with Crippen molar-refractivity contribution in [2.45, 2.75) is 46.2 Å². The molecule has 1 heterocycles. The molecule has 2 aromatic rings. The van der Waals surface area contributed by atoms with E-state index in [0.29, 0.717) is 19.6 Å². The molecule has 6 heteroatoms. The summed E-state index contributed by atoms with van der Waals surface area (Å²) in [7, 11) is 1.89. The Bertz CT molecular complexity index is 796. The maximum Gasteiger partial charge on any atom is 0.278 e. The predicted octanol–water partition coefficient (Wildman–Crippen LogP) is 2.06. The summed E-state index contributed by atoms with van der Waals surface area (Å²) in [6, 6.07) is 14.4. The van der Waals surface area contributed by atoms with Crippen molar-refractivity contribution >= 4 is 23.2 Å². The van der Waals surface area contributed by atoms with Crippen molar-refractivity contribution < 1.29 is 14.5 Å². The topological polar surface area (TPSA) is 53.9 Å². The van der Waals surface area contributed by atoms with Gasteiger partial charge in [-0.2, -0.15) is 0 Å². The summed E-state index contributed by atoms with van der Waals surface area (Å²) < 4.78 is 0. The van der Waals surface area contributed by atoms with E-state index in [1.54, 1.807) is 11.3 Å². The van der Waals surface area contributed by atoms with Gasteiger partial charge in [0, 0.05) is 21.8 Å². The zero-order chi connectivity index (χ0) is 21.4. The number of nitrogens with one attached hydrogen (secondary N) is 2. The van der Waals surface area contributed by atoms with Crippen LogP contribution in [0.25, 0.3) is 0 Å². The number of hydrogen-bond donors (Lipinski definition) is 2. The highest BCUT2D eigenvalue weighted by molar-refractivity contribution is 7.11. The summed E-state index contributed by atoms with van der Waals surface area (Å²) in [6.45, 7) is 9.83. The number of carbonyl (C=O) groups is 2. The standard InChI is InChI=1S/C23H33N3O2S/c1-18-11-12-20(29-18)15-26(14-13-19-9-7-6-8-10-19)22(28)17-25(5)16-21(27)24-23(2,3)4/h6-12H,13-17H2,1-5H3,(H,24,27)/p+1. The number of aryl methyl sites for hydroxylation is 1. The van der Waals surface area contributed by atoms with Crippen LogP contribution < -0.4 is 10.2 Å². The fraction of sp³-hybridized carbons (Fsp3) is 0.478. The Hall–Kier alpha value is -2.18. The maximum atomic E-state index is 13.0. The van der Waals surface area contributed by atoms with Gasteiger partial charge < -0.3 is 15.1 Å². The van der Waals surface area contributed by atoms with Gasteiger partial charge in [0.1, 0.15) is 0 Å². The van der Waals surface area contributed by atoms with Crippen LogP contribution in [-0.2, 0) is 22.6 Å². The molecule has 2 N–H and O–H groups in total. The van der Waals surface area contributed by atoms with Crippen LogP contribution in [0.1, 0.15) is 36.1 Å². The Balaban J connectivity index is 1.98. The SMILES string of the molecule is Cc1ccc(CN(CCc2ccccc2)C(=O)C[NH+](C)CC(=O)NC(C)(C)C)s1. The molecule has 0 radical (unpaired) electrons. The molecule has 1 unspecified atom stereocenters. The Kier molecular flexibility index (Phi) is 8.41. The first-order valence-corrected chi connectivity index (χ1v) is 10.9. The van der Waals surface area contributed by atoms with Crippen LogP contribution in [0.15, 0.2) is 42.5 Å². The van der Waals surface area contributed by atoms with E-state index in [0.717, 1.165) is 11.3 Å². The van der Waals surface area contributed by atoms with E-state index in [9.17, 15) is 9.59 Å².